The maximum atomic E-state index is 7.17. The Morgan fingerprint density at radius 1 is 0.529 bits per heavy atom. The number of aromatic nitrogens is 2. The summed E-state index contributed by atoms with van der Waals surface area (Å²) in [5, 5.41) is 2.29. The maximum Gasteiger partial charge on any atom is 0.135 e. The fraction of sp³-hybridized carbons (Fsp3) is 0.219. The Hall–Kier alpha value is -6.68. The monoisotopic (exact) mass is 1100 g/mol. The van der Waals surface area contributed by atoms with Gasteiger partial charge in [-0.2, -0.15) is 0 Å². The van der Waals surface area contributed by atoms with Crippen LogP contribution in [-0.4, -0.2) is 9.55 Å². The topological polar surface area (TPSA) is 33.5 Å². The molecule has 0 spiro atoms. The molecule has 0 unspecified atom stereocenters. The first-order valence-electron chi connectivity index (χ1n) is 24.1. The van der Waals surface area contributed by atoms with Crippen LogP contribution in [0.1, 0.15) is 108 Å². The molecule has 9 aromatic rings. The van der Waals surface area contributed by atoms with Crippen LogP contribution in [0.2, 0.25) is 0 Å². The zero-order valence-corrected chi connectivity index (χ0v) is 44.2. The molecule has 2 aromatic heterocycles. The predicted octanol–water partition coefficient (Wildman–Crippen LogP) is 16.3. The molecule has 1 aliphatic rings. The Labute approximate surface area is 429 Å². The second-order valence-corrected chi connectivity index (χ2v) is 21.6. The van der Waals surface area contributed by atoms with Gasteiger partial charge in [0.2, 0.25) is 0 Å². The van der Waals surface area contributed by atoms with Crippen LogP contribution >= 0.6 is 0 Å². The minimum Gasteiger partial charge on any atom is -0.509 e. The van der Waals surface area contributed by atoms with E-state index in [2.05, 4.69) is 278 Å². The van der Waals surface area contributed by atoms with Crippen LogP contribution in [0.4, 0.5) is 11.4 Å². The molecule has 0 amide bonds. The molecule has 0 aliphatic carbocycles. The summed E-state index contributed by atoms with van der Waals surface area (Å²) in [7, 11) is 0. The van der Waals surface area contributed by atoms with Gasteiger partial charge in [-0.3, -0.25) is 0 Å². The SMILES string of the molecule is CC(C)(C)c1cccc(N2[CH-]N(c3[c-]c(Oc4[c-]c5c(c(C(C)(C)C)c4)c4ccccc4n5-c4cc(C(C)(C)c5ccccc5)ccn4)cc(C(C)(C)c4ccccc4)c3)C=C2c2ccccc2)c1.[Pt]. The fourth-order valence-corrected chi connectivity index (χ4v) is 9.74. The van der Waals surface area contributed by atoms with Gasteiger partial charge < -0.3 is 19.1 Å². The van der Waals surface area contributed by atoms with Crippen LogP contribution in [0.3, 0.4) is 0 Å². The van der Waals surface area contributed by atoms with Crippen molar-refractivity contribution in [3.63, 3.8) is 0 Å². The molecule has 0 atom stereocenters. The zero-order chi connectivity index (χ0) is 48.3. The van der Waals surface area contributed by atoms with Crippen LogP contribution < -0.4 is 14.5 Å². The van der Waals surface area contributed by atoms with Crippen LogP contribution in [-0.2, 0) is 42.7 Å². The Bertz CT molecular complexity index is 3360. The number of benzene rings is 7. The number of anilines is 2. The average Bonchev–Trinajstić information content (AvgIpc) is 3.95. The van der Waals surface area contributed by atoms with Crippen LogP contribution in [0, 0.1) is 18.8 Å². The van der Waals surface area contributed by atoms with Crippen LogP contribution in [0.5, 0.6) is 11.5 Å². The van der Waals surface area contributed by atoms with E-state index in [1.54, 1.807) is 0 Å². The maximum absolute atomic E-state index is 7.17. The summed E-state index contributed by atoms with van der Waals surface area (Å²) in [4.78, 5) is 9.54. The summed E-state index contributed by atoms with van der Waals surface area (Å²) in [6.45, 7) is 24.9. The minimum absolute atomic E-state index is 0. The standard InChI is InChI=1S/C64H61N4O.Pt/c1-61(2,3)47-29-22-30-50(35-47)67-43-66(42-58(67)44-23-14-11-15-24-44)51-36-49(64(9,10)46-27-18-13-19-28-46)37-52(39-51)69-53-40-55(62(4,5)6)60-54-31-20-21-32-56(54)68(57(60)41-53)59-38-48(33-34-65-59)63(7,8)45-25-16-12-17-26-45;/h11-38,40,42-43H,1-10H3;/q-3;. The molecule has 1 aliphatic heterocycles. The van der Waals surface area contributed by atoms with Gasteiger partial charge in [0.1, 0.15) is 5.82 Å². The normalized spacial score (nSPS) is 13.4. The Morgan fingerprint density at radius 3 is 1.79 bits per heavy atom. The van der Waals surface area contributed by atoms with E-state index in [0.29, 0.717) is 11.5 Å². The molecular formula is C64H61N4OPt-3. The zero-order valence-electron chi connectivity index (χ0n) is 41.9. The largest absolute Gasteiger partial charge is 0.509 e. The first-order valence-corrected chi connectivity index (χ1v) is 24.1. The van der Waals surface area contributed by atoms with Crippen molar-refractivity contribution in [2.75, 3.05) is 9.80 Å². The van der Waals surface area contributed by atoms with Gasteiger partial charge in [-0.1, -0.05) is 201 Å². The third-order valence-electron chi connectivity index (χ3n) is 14.0. The molecule has 0 bridgehead atoms. The number of nitrogens with zero attached hydrogens (tertiary/aromatic N) is 4. The molecule has 5 nitrogen and oxygen atoms in total. The predicted molar refractivity (Wildman–Crippen MR) is 287 cm³/mol. The van der Waals surface area contributed by atoms with Gasteiger partial charge in [-0.25, -0.2) is 4.98 Å². The molecule has 10 rings (SSSR count). The van der Waals surface area contributed by atoms with E-state index in [-0.39, 0.29) is 42.7 Å². The van der Waals surface area contributed by atoms with Gasteiger partial charge in [0.25, 0.3) is 0 Å². The molecule has 0 fully saturated rings. The van der Waals surface area contributed by atoms with E-state index in [1.807, 2.05) is 6.20 Å². The third-order valence-corrected chi connectivity index (χ3v) is 14.0. The second kappa shape index (κ2) is 18.6. The third kappa shape index (κ3) is 9.13. The second-order valence-electron chi connectivity index (χ2n) is 21.6. The molecule has 0 radical (unpaired) electrons. The van der Waals surface area contributed by atoms with Crippen molar-refractivity contribution in [1.29, 1.82) is 0 Å². The molecule has 0 saturated carbocycles. The molecule has 6 heteroatoms. The van der Waals surface area contributed by atoms with E-state index >= 15 is 0 Å². The first-order chi connectivity index (χ1) is 33.0. The molecule has 356 valence electrons. The number of rotatable bonds is 10. The van der Waals surface area contributed by atoms with E-state index in [4.69, 9.17) is 9.72 Å². The molecular weight excluding hydrogens is 1040 g/mol. The summed E-state index contributed by atoms with van der Waals surface area (Å²) in [6, 6.07) is 68.1. The number of para-hydroxylation sites is 1. The number of hydrogen-bond acceptors (Lipinski definition) is 4. The van der Waals surface area contributed by atoms with E-state index in [1.165, 1.54) is 27.8 Å². The molecule has 0 saturated heterocycles. The summed E-state index contributed by atoms with van der Waals surface area (Å²) >= 11 is 0. The van der Waals surface area contributed by atoms with Gasteiger partial charge in [0.05, 0.1) is 0 Å². The Kier molecular flexibility index (Phi) is 12.8. The molecule has 70 heavy (non-hydrogen) atoms. The number of hydrogen-bond donors (Lipinski definition) is 0. The average molecular weight is 1100 g/mol. The van der Waals surface area contributed by atoms with E-state index in [0.717, 1.165) is 55.8 Å². The van der Waals surface area contributed by atoms with Crippen LogP contribution in [0.15, 0.2) is 182 Å². The summed E-state index contributed by atoms with van der Waals surface area (Å²) in [5.41, 5.74) is 12.4. The van der Waals surface area contributed by atoms with Crippen LogP contribution in [0.25, 0.3) is 33.3 Å². The smallest absolute Gasteiger partial charge is 0.135 e. The first kappa shape index (κ1) is 48.3. The van der Waals surface area contributed by atoms with Gasteiger partial charge >= 0.3 is 0 Å². The number of pyridine rings is 1. The van der Waals surface area contributed by atoms with Crippen molar-refractivity contribution in [3.05, 3.63) is 240 Å². The van der Waals surface area contributed by atoms with Crippen molar-refractivity contribution >= 4 is 38.9 Å². The van der Waals surface area contributed by atoms with Crippen molar-refractivity contribution in [3.8, 4) is 17.3 Å². The van der Waals surface area contributed by atoms with Crippen molar-refractivity contribution in [2.45, 2.75) is 90.9 Å². The van der Waals surface area contributed by atoms with Gasteiger partial charge in [-0.15, -0.1) is 53.8 Å². The minimum atomic E-state index is -0.378. The Balaban J connectivity index is 0.00000608. The number of fused-ring (bicyclic) bond motifs is 3. The van der Waals surface area contributed by atoms with Crippen molar-refractivity contribution < 1.29 is 25.8 Å². The van der Waals surface area contributed by atoms with Crippen molar-refractivity contribution in [2.24, 2.45) is 0 Å². The van der Waals surface area contributed by atoms with E-state index in [9.17, 15) is 0 Å². The van der Waals surface area contributed by atoms with Gasteiger partial charge in [0.15, 0.2) is 0 Å². The number of ether oxygens (including phenoxy) is 1. The Morgan fingerprint density at radius 2 is 1.13 bits per heavy atom. The fourth-order valence-electron chi connectivity index (χ4n) is 9.74. The molecule has 3 heterocycles. The quantitative estimate of drug-likeness (QED) is 0.128. The summed E-state index contributed by atoms with van der Waals surface area (Å²) in [5.74, 6) is 2.05. The van der Waals surface area contributed by atoms with Crippen molar-refractivity contribution in [1.82, 2.24) is 9.55 Å². The van der Waals surface area contributed by atoms with Gasteiger partial charge in [0, 0.05) is 61.1 Å². The summed E-state index contributed by atoms with van der Waals surface area (Å²) < 4.78 is 9.44. The summed E-state index contributed by atoms with van der Waals surface area (Å²) in [6.07, 6.45) is 4.15. The molecule has 7 aromatic carbocycles. The van der Waals surface area contributed by atoms with E-state index < -0.39 is 0 Å². The molecule has 0 N–H and O–H groups in total. The van der Waals surface area contributed by atoms with Gasteiger partial charge in [-0.05, 0) is 86.0 Å².